The van der Waals surface area contributed by atoms with Crippen molar-refractivity contribution in [2.75, 3.05) is 19.7 Å². The van der Waals surface area contributed by atoms with E-state index in [0.29, 0.717) is 13.1 Å². The lowest BCUT2D eigenvalue weighted by Crippen LogP contribution is -2.46. The summed E-state index contributed by atoms with van der Waals surface area (Å²) >= 11 is 0. The van der Waals surface area contributed by atoms with Gasteiger partial charge in [-0.2, -0.15) is 0 Å². The molecule has 0 radical (unpaired) electrons. The minimum Gasteiger partial charge on any atom is -0.395 e. The summed E-state index contributed by atoms with van der Waals surface area (Å²) < 4.78 is 0. The van der Waals surface area contributed by atoms with E-state index in [1.807, 2.05) is 13.8 Å². The van der Waals surface area contributed by atoms with Crippen LogP contribution in [0, 0.1) is 5.41 Å². The summed E-state index contributed by atoms with van der Waals surface area (Å²) in [5.74, 6) is -0.0472. The van der Waals surface area contributed by atoms with Crippen LogP contribution in [0.5, 0.6) is 0 Å². The van der Waals surface area contributed by atoms with Crippen molar-refractivity contribution in [1.29, 1.82) is 0 Å². The second-order valence-electron chi connectivity index (χ2n) is 3.17. The van der Waals surface area contributed by atoms with E-state index < -0.39 is 5.41 Å². The molecule has 0 aromatic carbocycles. The lowest BCUT2D eigenvalue weighted by Gasteiger charge is -2.28. The lowest BCUT2D eigenvalue weighted by molar-refractivity contribution is -0.131. The zero-order chi connectivity index (χ0) is 10.3. The van der Waals surface area contributed by atoms with E-state index in [1.165, 1.54) is 0 Å². The van der Waals surface area contributed by atoms with E-state index in [1.54, 1.807) is 0 Å². The van der Waals surface area contributed by atoms with Gasteiger partial charge in [0.2, 0.25) is 5.91 Å². The van der Waals surface area contributed by atoms with Crippen molar-refractivity contribution in [2.45, 2.75) is 26.7 Å². The third-order valence-electron chi connectivity index (χ3n) is 2.62. The molecule has 0 fully saturated rings. The van der Waals surface area contributed by atoms with Crippen LogP contribution in [-0.4, -0.2) is 30.7 Å². The molecule has 4 nitrogen and oxygen atoms in total. The maximum Gasteiger partial charge on any atom is 0.227 e. The highest BCUT2D eigenvalue weighted by molar-refractivity contribution is 5.82. The normalized spacial score (nSPS) is 11.4. The summed E-state index contributed by atoms with van der Waals surface area (Å²) in [4.78, 5) is 11.6. The van der Waals surface area contributed by atoms with Crippen LogP contribution in [0.3, 0.4) is 0 Å². The van der Waals surface area contributed by atoms with Crippen LogP contribution in [-0.2, 0) is 4.79 Å². The Hall–Kier alpha value is -0.610. The van der Waals surface area contributed by atoms with Gasteiger partial charge in [-0.05, 0) is 12.8 Å². The van der Waals surface area contributed by atoms with Crippen LogP contribution in [0.1, 0.15) is 26.7 Å². The van der Waals surface area contributed by atoms with E-state index in [2.05, 4.69) is 5.32 Å². The van der Waals surface area contributed by atoms with E-state index in [-0.39, 0.29) is 12.5 Å². The van der Waals surface area contributed by atoms with Crippen LogP contribution in [0.2, 0.25) is 0 Å². The number of nitrogens with one attached hydrogen (secondary N) is 1. The van der Waals surface area contributed by atoms with Gasteiger partial charge in [-0.1, -0.05) is 13.8 Å². The number of hydrogen-bond donors (Lipinski definition) is 3. The molecule has 0 atom stereocenters. The van der Waals surface area contributed by atoms with Crippen molar-refractivity contribution in [2.24, 2.45) is 11.1 Å². The molecule has 0 heterocycles. The molecule has 4 heteroatoms. The molecule has 0 aliphatic carbocycles. The van der Waals surface area contributed by atoms with E-state index in [0.717, 1.165) is 12.8 Å². The number of aliphatic hydroxyl groups is 1. The van der Waals surface area contributed by atoms with Crippen molar-refractivity contribution < 1.29 is 9.90 Å². The number of rotatable bonds is 6. The smallest absolute Gasteiger partial charge is 0.227 e. The minimum atomic E-state index is -0.449. The molecule has 0 aromatic rings. The molecule has 0 aromatic heterocycles. The third-order valence-corrected chi connectivity index (χ3v) is 2.62. The Morgan fingerprint density at radius 3 is 2.31 bits per heavy atom. The molecule has 0 bridgehead atoms. The van der Waals surface area contributed by atoms with Crippen LogP contribution in [0.4, 0.5) is 0 Å². The van der Waals surface area contributed by atoms with Crippen molar-refractivity contribution in [3.63, 3.8) is 0 Å². The van der Waals surface area contributed by atoms with Crippen LogP contribution < -0.4 is 11.1 Å². The molecule has 0 aliphatic heterocycles. The highest BCUT2D eigenvalue weighted by atomic mass is 16.3. The van der Waals surface area contributed by atoms with Gasteiger partial charge >= 0.3 is 0 Å². The van der Waals surface area contributed by atoms with Crippen molar-refractivity contribution in [3.8, 4) is 0 Å². The first kappa shape index (κ1) is 12.4. The van der Waals surface area contributed by atoms with E-state index in [9.17, 15) is 4.79 Å². The summed E-state index contributed by atoms with van der Waals surface area (Å²) in [5.41, 5.74) is 5.13. The van der Waals surface area contributed by atoms with Crippen LogP contribution in [0.15, 0.2) is 0 Å². The zero-order valence-electron chi connectivity index (χ0n) is 8.47. The average Bonchev–Trinajstić information content (AvgIpc) is 2.18. The van der Waals surface area contributed by atoms with Crippen molar-refractivity contribution in [3.05, 3.63) is 0 Å². The number of amides is 1. The average molecular weight is 188 g/mol. The zero-order valence-corrected chi connectivity index (χ0v) is 8.47. The first-order valence-corrected chi connectivity index (χ1v) is 4.76. The largest absolute Gasteiger partial charge is 0.395 e. The van der Waals surface area contributed by atoms with Gasteiger partial charge in [-0.15, -0.1) is 0 Å². The molecule has 0 rings (SSSR count). The summed E-state index contributed by atoms with van der Waals surface area (Å²) in [5, 5.41) is 11.2. The van der Waals surface area contributed by atoms with Gasteiger partial charge < -0.3 is 16.2 Å². The van der Waals surface area contributed by atoms with Gasteiger partial charge in [0.15, 0.2) is 0 Å². The number of aliphatic hydroxyl groups excluding tert-OH is 1. The highest BCUT2D eigenvalue weighted by Gasteiger charge is 2.32. The molecule has 0 saturated carbocycles. The molecular formula is C9H20N2O2. The molecule has 0 saturated heterocycles. The number of carbonyl (C=O) groups excluding carboxylic acids is 1. The molecule has 0 unspecified atom stereocenters. The monoisotopic (exact) mass is 188 g/mol. The second kappa shape index (κ2) is 5.94. The van der Waals surface area contributed by atoms with Gasteiger partial charge in [0.25, 0.3) is 0 Å². The van der Waals surface area contributed by atoms with Crippen LogP contribution >= 0.6 is 0 Å². The molecule has 13 heavy (non-hydrogen) atoms. The van der Waals surface area contributed by atoms with E-state index >= 15 is 0 Å². The maximum atomic E-state index is 11.6. The Balaban J connectivity index is 4.26. The second-order valence-corrected chi connectivity index (χ2v) is 3.17. The Bertz CT molecular complexity index is 147. The first-order chi connectivity index (χ1) is 6.16. The Morgan fingerprint density at radius 1 is 1.46 bits per heavy atom. The van der Waals surface area contributed by atoms with Gasteiger partial charge in [-0.3, -0.25) is 4.79 Å². The summed E-state index contributed by atoms with van der Waals surface area (Å²) in [6.45, 7) is 4.54. The fourth-order valence-corrected chi connectivity index (χ4v) is 1.31. The molecule has 0 aliphatic rings. The predicted octanol–water partition coefficient (Wildman–Crippen LogP) is -0.140. The summed E-state index contributed by atoms with van der Waals surface area (Å²) in [6.07, 6.45) is 1.47. The molecule has 4 N–H and O–H groups in total. The van der Waals surface area contributed by atoms with Gasteiger partial charge in [-0.25, -0.2) is 0 Å². The fourth-order valence-electron chi connectivity index (χ4n) is 1.31. The standard InChI is InChI=1S/C9H20N2O2/c1-3-9(4-2,7-10)8(13)11-5-6-12/h12H,3-7,10H2,1-2H3,(H,11,13). The highest BCUT2D eigenvalue weighted by Crippen LogP contribution is 2.24. The van der Waals surface area contributed by atoms with Crippen LogP contribution in [0.25, 0.3) is 0 Å². The Morgan fingerprint density at radius 2 is 2.00 bits per heavy atom. The number of nitrogens with two attached hydrogens (primary N) is 1. The van der Waals surface area contributed by atoms with Gasteiger partial charge in [0, 0.05) is 13.1 Å². The predicted molar refractivity (Wildman–Crippen MR) is 52.2 cm³/mol. The van der Waals surface area contributed by atoms with Gasteiger partial charge in [0.05, 0.1) is 12.0 Å². The maximum absolute atomic E-state index is 11.6. The van der Waals surface area contributed by atoms with Crippen molar-refractivity contribution in [1.82, 2.24) is 5.32 Å². The number of carbonyl (C=O) groups is 1. The Labute approximate surface area is 79.5 Å². The first-order valence-electron chi connectivity index (χ1n) is 4.76. The molecule has 78 valence electrons. The van der Waals surface area contributed by atoms with Gasteiger partial charge in [0.1, 0.15) is 0 Å². The Kier molecular flexibility index (Phi) is 5.66. The third kappa shape index (κ3) is 2.97. The molecule has 0 spiro atoms. The fraction of sp³-hybridized carbons (Fsp3) is 0.889. The van der Waals surface area contributed by atoms with Crippen molar-refractivity contribution >= 4 is 5.91 Å². The molecule has 1 amide bonds. The summed E-state index contributed by atoms with van der Waals surface area (Å²) in [6, 6.07) is 0. The SMILES string of the molecule is CCC(CC)(CN)C(=O)NCCO. The lowest BCUT2D eigenvalue weighted by atomic mass is 9.81. The topological polar surface area (TPSA) is 75.4 Å². The molecular weight excluding hydrogens is 168 g/mol. The van der Waals surface area contributed by atoms with E-state index in [4.69, 9.17) is 10.8 Å². The number of hydrogen-bond acceptors (Lipinski definition) is 3. The summed E-state index contributed by atoms with van der Waals surface area (Å²) in [7, 11) is 0. The minimum absolute atomic E-state index is 0.0280. The quantitative estimate of drug-likeness (QED) is 0.543.